The molecule has 2 aromatic rings. The summed E-state index contributed by atoms with van der Waals surface area (Å²) in [6, 6.07) is 7.97. The number of nitrogens with one attached hydrogen (secondary N) is 1. The van der Waals surface area contributed by atoms with Crippen molar-refractivity contribution in [3.63, 3.8) is 0 Å². The fourth-order valence-electron chi connectivity index (χ4n) is 4.18. The third kappa shape index (κ3) is 3.79. The summed E-state index contributed by atoms with van der Waals surface area (Å²) in [4.78, 5) is 42.1. The van der Waals surface area contributed by atoms with E-state index in [1.807, 2.05) is 38.1 Å². The van der Waals surface area contributed by atoms with E-state index in [2.05, 4.69) is 10.2 Å². The standard InChI is InChI=1S/C22H26N4O3S/c1-13-14(2)30-22(19(13)20(23)28)24-21(29)15-11-18(27)26(12-15)17-7-5-16(6-8-17)25-9-3-4-10-25/h5-8,15H,3-4,9-12H2,1-2H3,(H2,23,28)(H,24,29). The molecule has 8 heteroatoms. The number of aryl methyl sites for hydroxylation is 1. The van der Waals surface area contributed by atoms with Crippen molar-refractivity contribution >= 4 is 45.4 Å². The number of anilines is 3. The molecule has 3 amide bonds. The van der Waals surface area contributed by atoms with Gasteiger partial charge in [-0.15, -0.1) is 11.3 Å². The lowest BCUT2D eigenvalue weighted by Crippen LogP contribution is -2.28. The number of thiophene rings is 1. The summed E-state index contributed by atoms with van der Waals surface area (Å²) in [7, 11) is 0. The lowest BCUT2D eigenvalue weighted by Gasteiger charge is -2.20. The fourth-order valence-corrected chi connectivity index (χ4v) is 5.25. The van der Waals surface area contributed by atoms with Crippen LogP contribution in [-0.4, -0.2) is 37.4 Å². The molecule has 0 saturated carbocycles. The molecule has 2 aliphatic rings. The maximum absolute atomic E-state index is 12.8. The Morgan fingerprint density at radius 2 is 1.73 bits per heavy atom. The molecular weight excluding hydrogens is 400 g/mol. The third-order valence-electron chi connectivity index (χ3n) is 6.00. The molecule has 30 heavy (non-hydrogen) atoms. The first-order valence-electron chi connectivity index (χ1n) is 10.2. The van der Waals surface area contributed by atoms with Crippen molar-refractivity contribution in [1.82, 2.24) is 0 Å². The largest absolute Gasteiger partial charge is 0.372 e. The molecule has 2 fully saturated rings. The summed E-state index contributed by atoms with van der Waals surface area (Å²) in [6.07, 6.45) is 2.57. The van der Waals surface area contributed by atoms with Gasteiger partial charge in [0.25, 0.3) is 5.91 Å². The minimum absolute atomic E-state index is 0.0715. The van der Waals surface area contributed by atoms with Crippen LogP contribution in [0.5, 0.6) is 0 Å². The smallest absolute Gasteiger partial charge is 0.251 e. The maximum Gasteiger partial charge on any atom is 0.251 e. The SMILES string of the molecule is Cc1sc(NC(=O)C2CC(=O)N(c3ccc(N4CCCC4)cc3)C2)c(C(N)=O)c1C. The van der Waals surface area contributed by atoms with Gasteiger partial charge in [0.1, 0.15) is 5.00 Å². The van der Waals surface area contributed by atoms with E-state index >= 15 is 0 Å². The van der Waals surface area contributed by atoms with E-state index in [-0.39, 0.29) is 18.2 Å². The van der Waals surface area contributed by atoms with Crippen molar-refractivity contribution in [2.75, 3.05) is 34.8 Å². The number of nitrogens with zero attached hydrogens (tertiary/aromatic N) is 2. The summed E-state index contributed by atoms with van der Waals surface area (Å²) in [5.41, 5.74) is 8.59. The molecular formula is C22H26N4O3S. The molecule has 0 bridgehead atoms. The molecule has 4 rings (SSSR count). The second kappa shape index (κ2) is 8.10. The highest BCUT2D eigenvalue weighted by Crippen LogP contribution is 2.34. The quantitative estimate of drug-likeness (QED) is 0.768. The average Bonchev–Trinajstić information content (AvgIpc) is 3.42. The molecule has 3 N–H and O–H groups in total. The van der Waals surface area contributed by atoms with Crippen molar-refractivity contribution in [3.8, 4) is 0 Å². The van der Waals surface area contributed by atoms with E-state index in [9.17, 15) is 14.4 Å². The van der Waals surface area contributed by atoms with E-state index in [4.69, 9.17) is 5.73 Å². The lowest BCUT2D eigenvalue weighted by molar-refractivity contribution is -0.122. The van der Waals surface area contributed by atoms with Crippen LogP contribution in [-0.2, 0) is 9.59 Å². The first kappa shape index (κ1) is 20.4. The van der Waals surface area contributed by atoms with Crippen molar-refractivity contribution in [2.45, 2.75) is 33.1 Å². The first-order chi connectivity index (χ1) is 14.3. The highest BCUT2D eigenvalue weighted by molar-refractivity contribution is 7.16. The molecule has 158 valence electrons. The normalized spacial score (nSPS) is 18.9. The molecule has 2 aliphatic heterocycles. The van der Waals surface area contributed by atoms with E-state index in [0.29, 0.717) is 17.1 Å². The Bertz CT molecular complexity index is 993. The van der Waals surface area contributed by atoms with Gasteiger partial charge >= 0.3 is 0 Å². The third-order valence-corrected chi connectivity index (χ3v) is 7.12. The van der Waals surface area contributed by atoms with Gasteiger partial charge in [-0.05, 0) is 56.5 Å². The number of carbonyl (C=O) groups excluding carboxylic acids is 3. The second-order valence-corrected chi connectivity index (χ2v) is 9.18. The van der Waals surface area contributed by atoms with Crippen molar-refractivity contribution in [2.24, 2.45) is 11.7 Å². The zero-order valence-corrected chi connectivity index (χ0v) is 18.1. The van der Waals surface area contributed by atoms with Crippen LogP contribution in [0.4, 0.5) is 16.4 Å². The Labute approximate surface area is 179 Å². The zero-order chi connectivity index (χ0) is 21.4. The zero-order valence-electron chi connectivity index (χ0n) is 17.2. The highest BCUT2D eigenvalue weighted by Gasteiger charge is 2.36. The number of amides is 3. The Hall–Kier alpha value is -2.87. The van der Waals surface area contributed by atoms with Gasteiger partial charge in [0.15, 0.2) is 0 Å². The highest BCUT2D eigenvalue weighted by atomic mass is 32.1. The van der Waals surface area contributed by atoms with E-state index in [1.165, 1.54) is 29.9 Å². The minimum Gasteiger partial charge on any atom is -0.372 e. The molecule has 0 spiro atoms. The van der Waals surface area contributed by atoms with Crippen LogP contribution in [0, 0.1) is 19.8 Å². The molecule has 2 saturated heterocycles. The first-order valence-corrected chi connectivity index (χ1v) is 11.0. The van der Waals surface area contributed by atoms with E-state index in [0.717, 1.165) is 29.2 Å². The summed E-state index contributed by atoms with van der Waals surface area (Å²) in [5, 5.41) is 3.29. The van der Waals surface area contributed by atoms with Gasteiger partial charge < -0.3 is 20.9 Å². The lowest BCUT2D eigenvalue weighted by atomic mass is 10.1. The summed E-state index contributed by atoms with van der Waals surface area (Å²) < 4.78 is 0. The Morgan fingerprint density at radius 3 is 2.37 bits per heavy atom. The minimum atomic E-state index is -0.561. The fraction of sp³-hybridized carbons (Fsp3) is 0.409. The summed E-state index contributed by atoms with van der Waals surface area (Å²) >= 11 is 1.33. The molecule has 1 aromatic carbocycles. The number of hydrogen-bond donors (Lipinski definition) is 2. The number of benzene rings is 1. The Morgan fingerprint density at radius 1 is 1.10 bits per heavy atom. The second-order valence-electron chi connectivity index (χ2n) is 7.96. The molecule has 1 unspecified atom stereocenters. The van der Waals surface area contributed by atoms with Gasteiger partial charge in [0, 0.05) is 42.3 Å². The van der Waals surface area contributed by atoms with Crippen molar-refractivity contribution < 1.29 is 14.4 Å². The van der Waals surface area contributed by atoms with E-state index in [1.54, 1.807) is 4.90 Å². The van der Waals surface area contributed by atoms with Crippen LogP contribution < -0.4 is 20.9 Å². The van der Waals surface area contributed by atoms with Gasteiger partial charge in [0.2, 0.25) is 11.8 Å². The summed E-state index contributed by atoms with van der Waals surface area (Å²) in [5.74, 6) is -1.37. The molecule has 1 aromatic heterocycles. The molecule has 0 radical (unpaired) electrons. The molecule has 1 atom stereocenters. The number of nitrogens with two attached hydrogens (primary N) is 1. The van der Waals surface area contributed by atoms with Gasteiger partial charge in [-0.1, -0.05) is 0 Å². The topological polar surface area (TPSA) is 95.7 Å². The van der Waals surface area contributed by atoms with Crippen LogP contribution in [0.1, 0.15) is 40.1 Å². The Balaban J connectivity index is 1.45. The van der Waals surface area contributed by atoms with Crippen LogP contribution in [0.25, 0.3) is 0 Å². The van der Waals surface area contributed by atoms with Crippen LogP contribution in [0.3, 0.4) is 0 Å². The molecule has 7 nitrogen and oxygen atoms in total. The van der Waals surface area contributed by atoms with E-state index < -0.39 is 11.8 Å². The van der Waals surface area contributed by atoms with Gasteiger partial charge in [-0.25, -0.2) is 0 Å². The monoisotopic (exact) mass is 426 g/mol. The van der Waals surface area contributed by atoms with Crippen molar-refractivity contribution in [3.05, 3.63) is 40.3 Å². The number of rotatable bonds is 5. The number of hydrogen-bond acceptors (Lipinski definition) is 5. The van der Waals surface area contributed by atoms with Gasteiger partial charge in [-0.2, -0.15) is 0 Å². The van der Waals surface area contributed by atoms with Crippen LogP contribution >= 0.6 is 11.3 Å². The number of primary amides is 1. The maximum atomic E-state index is 12.8. The van der Waals surface area contributed by atoms with Gasteiger partial charge in [0.05, 0.1) is 11.5 Å². The predicted molar refractivity (Wildman–Crippen MR) is 119 cm³/mol. The Kier molecular flexibility index (Phi) is 5.51. The summed E-state index contributed by atoms with van der Waals surface area (Å²) in [6.45, 7) is 6.16. The van der Waals surface area contributed by atoms with Crippen LogP contribution in [0.15, 0.2) is 24.3 Å². The van der Waals surface area contributed by atoms with Crippen molar-refractivity contribution in [1.29, 1.82) is 0 Å². The van der Waals surface area contributed by atoms with Crippen LogP contribution in [0.2, 0.25) is 0 Å². The average molecular weight is 427 g/mol. The molecule has 3 heterocycles. The molecule has 0 aliphatic carbocycles. The van der Waals surface area contributed by atoms with Gasteiger partial charge in [-0.3, -0.25) is 14.4 Å². The predicted octanol–water partition coefficient (Wildman–Crippen LogP) is 3.06. The number of carbonyl (C=O) groups is 3.